The summed E-state index contributed by atoms with van der Waals surface area (Å²) in [5.41, 5.74) is 1.48. The molecule has 0 fully saturated rings. The number of benzene rings is 2. The second-order valence-electron chi connectivity index (χ2n) is 4.18. The molecule has 2 rings (SSSR count). The fourth-order valence-corrected chi connectivity index (χ4v) is 1.89. The third-order valence-electron chi connectivity index (χ3n) is 2.81. The van der Waals surface area contributed by atoms with Crippen molar-refractivity contribution in [3.05, 3.63) is 59.4 Å². The number of halogens is 2. The molecule has 0 aliphatic carbocycles. The average Bonchev–Trinajstić information content (AvgIpc) is 2.52. The van der Waals surface area contributed by atoms with Gasteiger partial charge in [-0.1, -0.05) is 30.0 Å². The maximum Gasteiger partial charge on any atom is 0.138 e. The van der Waals surface area contributed by atoms with Crippen LogP contribution >= 0.6 is 11.6 Å². The largest absolute Gasteiger partial charge is 0.496 e. The molecule has 0 saturated heterocycles. The van der Waals surface area contributed by atoms with Gasteiger partial charge < -0.3 is 9.47 Å². The second-order valence-corrected chi connectivity index (χ2v) is 4.44. The predicted molar refractivity (Wildman–Crippen MR) is 81.3 cm³/mol. The highest BCUT2D eigenvalue weighted by atomic mass is 35.5. The minimum atomic E-state index is -0.374. The third kappa shape index (κ3) is 4.14. The van der Waals surface area contributed by atoms with E-state index in [0.717, 1.165) is 11.3 Å². The molecule has 21 heavy (non-hydrogen) atoms. The van der Waals surface area contributed by atoms with Crippen molar-refractivity contribution in [3.63, 3.8) is 0 Å². The fraction of sp³-hybridized carbons (Fsp3) is 0.176. The summed E-state index contributed by atoms with van der Waals surface area (Å²) in [5.74, 6) is 6.53. The zero-order chi connectivity index (χ0) is 15.1. The summed E-state index contributed by atoms with van der Waals surface area (Å²) in [6, 6.07) is 11.7. The predicted octanol–water partition coefficient (Wildman–Crippen LogP) is 4.00. The van der Waals surface area contributed by atoms with Crippen LogP contribution in [0.15, 0.2) is 42.5 Å². The van der Waals surface area contributed by atoms with E-state index in [2.05, 4.69) is 11.8 Å². The van der Waals surface area contributed by atoms with Gasteiger partial charge in [0.25, 0.3) is 0 Å². The third-order valence-corrected chi connectivity index (χ3v) is 2.94. The summed E-state index contributed by atoms with van der Waals surface area (Å²) in [5, 5.41) is 0. The van der Waals surface area contributed by atoms with Crippen molar-refractivity contribution in [2.75, 3.05) is 13.0 Å². The number of para-hydroxylation sites is 1. The zero-order valence-corrected chi connectivity index (χ0v) is 12.3. The average molecular weight is 305 g/mol. The molecule has 0 aliphatic rings. The molecule has 108 valence electrons. The van der Waals surface area contributed by atoms with E-state index in [4.69, 9.17) is 21.1 Å². The number of hydrogen-bond donors (Lipinski definition) is 0. The van der Waals surface area contributed by atoms with Gasteiger partial charge in [-0.05, 0) is 18.2 Å². The van der Waals surface area contributed by atoms with Crippen LogP contribution in [0.3, 0.4) is 0 Å². The van der Waals surface area contributed by atoms with E-state index in [1.807, 2.05) is 24.3 Å². The first kappa shape index (κ1) is 15.2. The van der Waals surface area contributed by atoms with Crippen LogP contribution in [0.2, 0.25) is 0 Å². The SMILES string of the molecule is COc1ccccc1COc1cc(F)ccc1C#CCCl. The van der Waals surface area contributed by atoms with E-state index in [1.165, 1.54) is 12.1 Å². The molecular weight excluding hydrogens is 291 g/mol. The monoisotopic (exact) mass is 304 g/mol. The van der Waals surface area contributed by atoms with E-state index in [9.17, 15) is 4.39 Å². The highest BCUT2D eigenvalue weighted by molar-refractivity contribution is 6.19. The Morgan fingerprint density at radius 2 is 1.95 bits per heavy atom. The van der Waals surface area contributed by atoms with Gasteiger partial charge in [-0.15, -0.1) is 11.6 Å². The Kier molecular flexibility index (Phi) is 5.48. The summed E-state index contributed by atoms with van der Waals surface area (Å²) in [7, 11) is 1.60. The van der Waals surface area contributed by atoms with Crippen LogP contribution in [0.1, 0.15) is 11.1 Å². The molecule has 0 unspecified atom stereocenters. The number of methoxy groups -OCH3 is 1. The van der Waals surface area contributed by atoms with Gasteiger partial charge in [0.05, 0.1) is 18.6 Å². The molecule has 0 spiro atoms. The molecule has 2 nitrogen and oxygen atoms in total. The molecule has 0 aliphatic heterocycles. The lowest BCUT2D eigenvalue weighted by Gasteiger charge is -2.11. The molecule has 0 N–H and O–H groups in total. The van der Waals surface area contributed by atoms with Gasteiger partial charge in [0.15, 0.2) is 0 Å². The Hall–Kier alpha value is -2.18. The first-order chi connectivity index (χ1) is 10.2. The van der Waals surface area contributed by atoms with Crippen LogP contribution in [0.4, 0.5) is 4.39 Å². The minimum Gasteiger partial charge on any atom is -0.496 e. The van der Waals surface area contributed by atoms with Crippen molar-refractivity contribution in [3.8, 4) is 23.3 Å². The van der Waals surface area contributed by atoms with Crippen molar-refractivity contribution < 1.29 is 13.9 Å². The van der Waals surface area contributed by atoms with Gasteiger partial charge in [-0.25, -0.2) is 4.39 Å². The van der Waals surface area contributed by atoms with Crippen molar-refractivity contribution in [2.45, 2.75) is 6.61 Å². The lowest BCUT2D eigenvalue weighted by atomic mass is 10.2. The van der Waals surface area contributed by atoms with E-state index >= 15 is 0 Å². The number of ether oxygens (including phenoxy) is 2. The quantitative estimate of drug-likeness (QED) is 0.628. The molecule has 2 aromatic carbocycles. The van der Waals surface area contributed by atoms with Crippen LogP contribution in [0.25, 0.3) is 0 Å². The van der Waals surface area contributed by atoms with Crippen LogP contribution in [0.5, 0.6) is 11.5 Å². The van der Waals surface area contributed by atoms with Gasteiger partial charge in [0.2, 0.25) is 0 Å². The first-order valence-electron chi connectivity index (χ1n) is 6.33. The summed E-state index contributed by atoms with van der Waals surface area (Å²) in [6.07, 6.45) is 0. The summed E-state index contributed by atoms with van der Waals surface area (Å²) >= 11 is 5.54. The van der Waals surface area contributed by atoms with Crippen LogP contribution < -0.4 is 9.47 Å². The lowest BCUT2D eigenvalue weighted by molar-refractivity contribution is 0.294. The molecule has 0 heterocycles. The number of hydrogen-bond acceptors (Lipinski definition) is 2. The zero-order valence-electron chi connectivity index (χ0n) is 11.5. The topological polar surface area (TPSA) is 18.5 Å². The van der Waals surface area contributed by atoms with Gasteiger partial charge in [0.1, 0.15) is 23.9 Å². The highest BCUT2D eigenvalue weighted by Crippen LogP contribution is 2.23. The lowest BCUT2D eigenvalue weighted by Crippen LogP contribution is -2.00. The Morgan fingerprint density at radius 3 is 2.71 bits per heavy atom. The van der Waals surface area contributed by atoms with E-state index in [1.54, 1.807) is 13.2 Å². The Balaban J connectivity index is 2.21. The summed E-state index contributed by atoms with van der Waals surface area (Å²) < 4.78 is 24.3. The van der Waals surface area contributed by atoms with E-state index in [0.29, 0.717) is 11.3 Å². The van der Waals surface area contributed by atoms with E-state index < -0.39 is 0 Å². The fourth-order valence-electron chi connectivity index (χ4n) is 1.83. The Bertz CT molecular complexity index is 674. The number of alkyl halides is 1. The smallest absolute Gasteiger partial charge is 0.138 e. The molecule has 2 aromatic rings. The van der Waals surface area contributed by atoms with E-state index in [-0.39, 0.29) is 18.3 Å². The summed E-state index contributed by atoms with van der Waals surface area (Å²) in [6.45, 7) is 0.267. The maximum atomic E-state index is 13.4. The van der Waals surface area contributed by atoms with Crippen LogP contribution in [-0.2, 0) is 6.61 Å². The molecule has 4 heteroatoms. The molecule has 0 saturated carbocycles. The molecule has 0 aromatic heterocycles. The molecule has 0 bridgehead atoms. The second kappa shape index (κ2) is 7.56. The standard InChI is InChI=1S/C17H14ClFO2/c1-20-16-7-3-2-5-14(16)12-21-17-11-15(19)9-8-13(17)6-4-10-18/h2-3,5,7-9,11H,10,12H2,1H3. The van der Waals surface area contributed by atoms with Gasteiger partial charge in [-0.2, -0.15) is 0 Å². The maximum absolute atomic E-state index is 13.4. The molecular formula is C17H14ClFO2. The van der Waals surface area contributed by atoms with Crippen molar-refractivity contribution in [1.82, 2.24) is 0 Å². The Morgan fingerprint density at radius 1 is 1.14 bits per heavy atom. The first-order valence-corrected chi connectivity index (χ1v) is 6.87. The van der Waals surface area contributed by atoms with Crippen molar-refractivity contribution >= 4 is 11.6 Å². The normalized spacial score (nSPS) is 9.67. The Labute approximate surface area is 128 Å². The van der Waals surface area contributed by atoms with Crippen molar-refractivity contribution in [2.24, 2.45) is 0 Å². The van der Waals surface area contributed by atoms with Gasteiger partial charge >= 0.3 is 0 Å². The highest BCUT2D eigenvalue weighted by Gasteiger charge is 2.07. The van der Waals surface area contributed by atoms with Crippen molar-refractivity contribution in [1.29, 1.82) is 0 Å². The van der Waals surface area contributed by atoms with Gasteiger partial charge in [-0.3, -0.25) is 0 Å². The minimum absolute atomic E-state index is 0.212. The molecule has 0 radical (unpaired) electrons. The van der Waals surface area contributed by atoms with Gasteiger partial charge in [0, 0.05) is 11.6 Å². The molecule has 0 amide bonds. The van der Waals surface area contributed by atoms with Crippen LogP contribution in [0, 0.1) is 17.7 Å². The summed E-state index contributed by atoms with van der Waals surface area (Å²) in [4.78, 5) is 0. The van der Waals surface area contributed by atoms with Crippen LogP contribution in [-0.4, -0.2) is 13.0 Å². The molecule has 0 atom stereocenters. The number of rotatable bonds is 4.